The summed E-state index contributed by atoms with van der Waals surface area (Å²) in [6.45, 7) is 2.40. The number of primary amides is 2. The van der Waals surface area contributed by atoms with Crippen LogP contribution in [0.15, 0.2) is 0 Å². The highest BCUT2D eigenvalue weighted by Gasteiger charge is 2.41. The van der Waals surface area contributed by atoms with Gasteiger partial charge in [0.15, 0.2) is 0 Å². The van der Waals surface area contributed by atoms with Crippen molar-refractivity contribution in [1.82, 2.24) is 15.6 Å². The number of carbonyl (C=O) groups is 6. The van der Waals surface area contributed by atoms with Gasteiger partial charge in [0.05, 0.1) is 0 Å². The van der Waals surface area contributed by atoms with Crippen molar-refractivity contribution in [1.29, 1.82) is 0 Å². The van der Waals surface area contributed by atoms with Crippen LogP contribution in [0.5, 0.6) is 0 Å². The number of hydrogen-bond donors (Lipinski definition) is 7. The van der Waals surface area contributed by atoms with Gasteiger partial charge < -0.3 is 32.5 Å². The normalized spacial score (nSPS) is 13.3. The van der Waals surface area contributed by atoms with Gasteiger partial charge in [0.2, 0.25) is 17.7 Å². The predicted molar refractivity (Wildman–Crippen MR) is 158 cm³/mol. The lowest BCUT2D eigenvalue weighted by Gasteiger charge is -2.42. The summed E-state index contributed by atoms with van der Waals surface area (Å²) in [5, 5.41) is 31.5. The molecule has 0 aliphatic carbocycles. The van der Waals surface area contributed by atoms with Crippen LogP contribution in [-0.4, -0.2) is 85.7 Å². The summed E-state index contributed by atoms with van der Waals surface area (Å²) in [5.74, 6) is -6.88. The highest BCUT2D eigenvalue weighted by molar-refractivity contribution is 5.84. The highest BCUT2D eigenvalue weighted by Crippen LogP contribution is 2.21. The summed E-state index contributed by atoms with van der Waals surface area (Å²) in [6, 6.07) is -4.96. The average Bonchev–Trinajstić information content (AvgIpc) is 2.92. The first-order valence-electron chi connectivity index (χ1n) is 15.2. The SMILES string of the molecule is CCCCCCCCCCCC(=O)N([C@@H](CCCCN)C(=O)O)N(N[C@@H](CCC(N)=O)C(=O)O)[C@@H](CCC(N)=O)C(=O)O. The van der Waals surface area contributed by atoms with Gasteiger partial charge in [-0.2, -0.15) is 0 Å². The Labute approximate surface area is 253 Å². The Morgan fingerprint density at radius 3 is 1.60 bits per heavy atom. The minimum atomic E-state index is -1.76. The topological polar surface area (TPSA) is 260 Å². The third-order valence-corrected chi connectivity index (χ3v) is 7.00. The van der Waals surface area contributed by atoms with Gasteiger partial charge in [0, 0.05) is 19.3 Å². The van der Waals surface area contributed by atoms with Crippen molar-refractivity contribution in [3.8, 4) is 0 Å². The smallest absolute Gasteiger partial charge is 0.328 e. The quantitative estimate of drug-likeness (QED) is 0.0487. The average molecular weight is 617 g/mol. The van der Waals surface area contributed by atoms with Gasteiger partial charge in [-0.15, -0.1) is 5.12 Å². The fraction of sp³-hybridized carbons (Fsp3) is 0.786. The van der Waals surface area contributed by atoms with E-state index in [1.54, 1.807) is 0 Å². The fourth-order valence-corrected chi connectivity index (χ4v) is 4.60. The second-order valence-corrected chi connectivity index (χ2v) is 10.7. The molecular formula is C28H52N6O9. The van der Waals surface area contributed by atoms with Crippen molar-refractivity contribution in [2.45, 2.75) is 134 Å². The maximum atomic E-state index is 13.7. The van der Waals surface area contributed by atoms with E-state index in [0.717, 1.165) is 37.1 Å². The van der Waals surface area contributed by atoms with Gasteiger partial charge in [-0.3, -0.25) is 24.0 Å². The van der Waals surface area contributed by atoms with Crippen molar-refractivity contribution in [3.63, 3.8) is 0 Å². The molecule has 0 heterocycles. The molecule has 0 aliphatic heterocycles. The number of carbonyl (C=O) groups excluding carboxylic acids is 3. The second-order valence-electron chi connectivity index (χ2n) is 10.7. The predicted octanol–water partition coefficient (Wildman–Crippen LogP) is 1.48. The van der Waals surface area contributed by atoms with Crippen LogP contribution in [0.3, 0.4) is 0 Å². The summed E-state index contributed by atoms with van der Waals surface area (Å²) in [6.07, 6.45) is 7.46. The number of hydrogen-bond acceptors (Lipinski definition) is 9. The summed E-state index contributed by atoms with van der Waals surface area (Å²) in [4.78, 5) is 73.6. The number of nitrogens with two attached hydrogens (primary N) is 3. The number of nitrogens with zero attached hydrogens (tertiary/aromatic N) is 2. The van der Waals surface area contributed by atoms with Crippen LogP contribution in [-0.2, 0) is 28.8 Å². The van der Waals surface area contributed by atoms with E-state index in [9.17, 15) is 44.1 Å². The summed E-state index contributed by atoms with van der Waals surface area (Å²) in [7, 11) is 0. The van der Waals surface area contributed by atoms with E-state index in [1.165, 1.54) is 12.8 Å². The van der Waals surface area contributed by atoms with E-state index in [0.29, 0.717) is 24.4 Å². The lowest BCUT2D eigenvalue weighted by atomic mass is 10.0. The van der Waals surface area contributed by atoms with E-state index < -0.39 is 66.6 Å². The van der Waals surface area contributed by atoms with E-state index >= 15 is 0 Å². The first-order valence-corrected chi connectivity index (χ1v) is 15.2. The zero-order chi connectivity index (χ0) is 32.8. The Bertz CT molecular complexity index is 889. The molecule has 10 N–H and O–H groups in total. The molecule has 248 valence electrons. The summed E-state index contributed by atoms with van der Waals surface area (Å²) in [5.41, 5.74) is 18.4. The van der Waals surface area contributed by atoms with Crippen molar-refractivity contribution < 1.29 is 44.1 Å². The van der Waals surface area contributed by atoms with Gasteiger partial charge in [-0.05, 0) is 45.1 Å². The maximum Gasteiger partial charge on any atom is 0.328 e. The van der Waals surface area contributed by atoms with Crippen LogP contribution in [0.25, 0.3) is 0 Å². The molecule has 0 aromatic carbocycles. The van der Waals surface area contributed by atoms with Crippen molar-refractivity contribution >= 4 is 35.6 Å². The number of carboxylic acid groups (broad SMARTS) is 3. The molecule has 0 spiro atoms. The largest absolute Gasteiger partial charge is 0.480 e. The summed E-state index contributed by atoms with van der Waals surface area (Å²) >= 11 is 0. The molecule has 0 aromatic rings. The number of aliphatic carboxylic acids is 3. The van der Waals surface area contributed by atoms with Crippen LogP contribution in [0, 0.1) is 0 Å². The molecule has 3 atom stereocenters. The lowest BCUT2D eigenvalue weighted by molar-refractivity contribution is -0.195. The molecule has 0 aliphatic rings. The number of hydrazine groups is 2. The minimum Gasteiger partial charge on any atom is -0.480 e. The number of unbranched alkanes of at least 4 members (excludes halogenated alkanes) is 9. The molecule has 43 heavy (non-hydrogen) atoms. The number of carboxylic acids is 3. The number of amides is 3. The monoisotopic (exact) mass is 616 g/mol. The third kappa shape index (κ3) is 17.4. The van der Waals surface area contributed by atoms with Gasteiger partial charge in [0.1, 0.15) is 18.1 Å². The molecule has 0 rings (SSSR count). The van der Waals surface area contributed by atoms with E-state index in [1.807, 2.05) is 0 Å². The molecule has 0 saturated heterocycles. The van der Waals surface area contributed by atoms with Crippen LogP contribution >= 0.6 is 0 Å². The van der Waals surface area contributed by atoms with Crippen LogP contribution in [0.4, 0.5) is 0 Å². The Hall–Kier alpha value is -3.30. The maximum absolute atomic E-state index is 13.7. The molecule has 0 fully saturated rings. The van der Waals surface area contributed by atoms with Gasteiger partial charge in [-0.1, -0.05) is 58.3 Å². The summed E-state index contributed by atoms with van der Waals surface area (Å²) < 4.78 is 0. The molecule has 15 heteroatoms. The van der Waals surface area contributed by atoms with Crippen molar-refractivity contribution in [3.05, 3.63) is 0 Å². The Morgan fingerprint density at radius 2 is 1.14 bits per heavy atom. The van der Waals surface area contributed by atoms with Gasteiger partial charge in [0.25, 0.3) is 0 Å². The Balaban J connectivity index is 6.32. The Kier molecular flexibility index (Phi) is 21.4. The molecule has 0 unspecified atom stereocenters. The fourth-order valence-electron chi connectivity index (χ4n) is 4.60. The van der Waals surface area contributed by atoms with Gasteiger partial charge in [-0.25, -0.2) is 15.2 Å². The van der Waals surface area contributed by atoms with Crippen molar-refractivity contribution in [2.75, 3.05) is 6.54 Å². The zero-order valence-corrected chi connectivity index (χ0v) is 25.4. The van der Waals surface area contributed by atoms with Crippen molar-refractivity contribution in [2.24, 2.45) is 17.2 Å². The molecule has 15 nitrogen and oxygen atoms in total. The first-order chi connectivity index (χ1) is 20.4. The van der Waals surface area contributed by atoms with E-state index in [4.69, 9.17) is 17.2 Å². The molecule has 0 bridgehead atoms. The molecule has 0 saturated carbocycles. The molecule has 3 amide bonds. The van der Waals surface area contributed by atoms with Crippen LogP contribution in [0.1, 0.15) is 116 Å². The molecule has 0 radical (unpaired) electrons. The Morgan fingerprint density at radius 1 is 0.628 bits per heavy atom. The first kappa shape index (κ1) is 39.7. The van der Waals surface area contributed by atoms with Gasteiger partial charge >= 0.3 is 17.9 Å². The molecular weight excluding hydrogens is 564 g/mol. The zero-order valence-electron chi connectivity index (χ0n) is 25.4. The second kappa shape index (κ2) is 23.2. The molecule has 0 aromatic heterocycles. The third-order valence-electron chi connectivity index (χ3n) is 7.00. The highest BCUT2D eigenvalue weighted by atomic mass is 16.4. The number of rotatable bonds is 28. The van der Waals surface area contributed by atoms with E-state index in [2.05, 4.69) is 12.3 Å². The standard InChI is InChI=1S/C28H52N6O9/c1-2-3-4-5-6-7-8-9-10-14-25(37)33(21(27(40)41)13-11-12-19-29)34(22(28(42)43)16-18-24(31)36)32-20(26(38)39)15-17-23(30)35/h20-22,32H,2-19,29H2,1H3,(H2,30,35)(H2,31,36)(H,38,39)(H,40,41)(H,42,43)/t20-,21-,22-/m0/s1. The van der Waals surface area contributed by atoms with Crippen LogP contribution in [0.2, 0.25) is 0 Å². The van der Waals surface area contributed by atoms with Crippen LogP contribution < -0.4 is 22.6 Å². The number of nitrogens with one attached hydrogen (secondary N) is 1. The lowest BCUT2D eigenvalue weighted by Crippen LogP contribution is -2.67. The van der Waals surface area contributed by atoms with E-state index in [-0.39, 0.29) is 38.6 Å². The minimum absolute atomic E-state index is 0.102.